The van der Waals surface area contributed by atoms with Crippen LogP contribution in [0.25, 0.3) is 0 Å². The smallest absolute Gasteiger partial charge is 0.332 e. The zero-order valence-corrected chi connectivity index (χ0v) is 13.5. The molecule has 6 heteroatoms. The number of methoxy groups -OCH3 is 1. The number of hydrogen-bond acceptors (Lipinski definition) is 5. The topological polar surface area (TPSA) is 73.9 Å². The van der Waals surface area contributed by atoms with E-state index in [0.717, 1.165) is 5.75 Å². The Labute approximate surface area is 140 Å². The summed E-state index contributed by atoms with van der Waals surface area (Å²) in [7, 11) is 1.38. The van der Waals surface area contributed by atoms with Crippen molar-refractivity contribution in [3.63, 3.8) is 0 Å². The lowest BCUT2D eigenvalue weighted by Gasteiger charge is -2.13. The monoisotopic (exact) mass is 329 g/mol. The minimum Gasteiger partial charge on any atom is -0.457 e. The van der Waals surface area contributed by atoms with E-state index in [1.54, 1.807) is 24.3 Å². The first kappa shape index (κ1) is 17.5. The molecule has 0 unspecified atom stereocenters. The third-order valence-corrected chi connectivity index (χ3v) is 3.04. The summed E-state index contributed by atoms with van der Waals surface area (Å²) < 4.78 is 15.2. The summed E-state index contributed by atoms with van der Waals surface area (Å²) in [6.45, 7) is 1.30. The Balaban J connectivity index is 1.89. The van der Waals surface area contributed by atoms with Gasteiger partial charge in [-0.2, -0.15) is 0 Å². The summed E-state index contributed by atoms with van der Waals surface area (Å²) in [6.07, 6.45) is -0.909. The molecule has 0 aliphatic heterocycles. The Morgan fingerprint density at radius 3 is 2.25 bits per heavy atom. The van der Waals surface area contributed by atoms with Gasteiger partial charge in [0.15, 0.2) is 6.10 Å². The van der Waals surface area contributed by atoms with E-state index in [9.17, 15) is 9.59 Å². The zero-order chi connectivity index (χ0) is 17.4. The number of nitrogens with one attached hydrogen (secondary N) is 1. The molecule has 0 radical (unpaired) electrons. The average Bonchev–Trinajstić information content (AvgIpc) is 2.57. The number of amides is 1. The fraction of sp³-hybridized carbons (Fsp3) is 0.222. The highest BCUT2D eigenvalue weighted by Gasteiger charge is 2.17. The molecule has 2 rings (SSSR count). The minimum atomic E-state index is -0.909. The molecule has 1 amide bonds. The number of para-hydroxylation sites is 1. The molecule has 1 atom stereocenters. The predicted molar refractivity (Wildman–Crippen MR) is 89.0 cm³/mol. The molecule has 0 spiro atoms. The standard InChI is InChI=1S/C18H19NO5/c1-13(23-17(20)12-22-2)18(21)19-14-8-10-16(11-9-14)24-15-6-4-3-5-7-15/h3-11,13H,12H2,1-2H3,(H,19,21)/t13-/m0/s1. The van der Waals surface area contributed by atoms with Gasteiger partial charge >= 0.3 is 5.97 Å². The van der Waals surface area contributed by atoms with Crippen LogP contribution in [0.3, 0.4) is 0 Å². The van der Waals surface area contributed by atoms with Crippen LogP contribution in [0, 0.1) is 0 Å². The van der Waals surface area contributed by atoms with Gasteiger partial charge in [-0.1, -0.05) is 18.2 Å². The van der Waals surface area contributed by atoms with Crippen LogP contribution in [0.15, 0.2) is 54.6 Å². The van der Waals surface area contributed by atoms with Gasteiger partial charge in [-0.15, -0.1) is 0 Å². The lowest BCUT2D eigenvalue weighted by atomic mass is 10.2. The predicted octanol–water partition coefficient (Wildman–Crippen LogP) is 3.00. The maximum Gasteiger partial charge on any atom is 0.332 e. The molecule has 126 valence electrons. The molecule has 0 aliphatic carbocycles. The molecule has 0 saturated heterocycles. The maximum absolute atomic E-state index is 12.0. The Hall–Kier alpha value is -2.86. The lowest BCUT2D eigenvalue weighted by molar-refractivity contribution is -0.156. The van der Waals surface area contributed by atoms with Crippen molar-refractivity contribution >= 4 is 17.6 Å². The number of anilines is 1. The Morgan fingerprint density at radius 2 is 1.62 bits per heavy atom. The first-order chi connectivity index (χ1) is 11.6. The van der Waals surface area contributed by atoms with Crippen molar-refractivity contribution in [2.75, 3.05) is 19.0 Å². The third-order valence-electron chi connectivity index (χ3n) is 3.04. The van der Waals surface area contributed by atoms with E-state index in [-0.39, 0.29) is 6.61 Å². The SMILES string of the molecule is COCC(=O)O[C@@H](C)C(=O)Nc1ccc(Oc2ccccc2)cc1. The summed E-state index contributed by atoms with van der Waals surface area (Å²) in [5.41, 5.74) is 0.579. The highest BCUT2D eigenvalue weighted by Crippen LogP contribution is 2.22. The van der Waals surface area contributed by atoms with Crippen molar-refractivity contribution in [3.8, 4) is 11.5 Å². The van der Waals surface area contributed by atoms with Crippen molar-refractivity contribution in [2.45, 2.75) is 13.0 Å². The van der Waals surface area contributed by atoms with Crippen molar-refractivity contribution in [3.05, 3.63) is 54.6 Å². The van der Waals surface area contributed by atoms with Crippen LogP contribution >= 0.6 is 0 Å². The molecule has 0 aromatic heterocycles. The average molecular weight is 329 g/mol. The Morgan fingerprint density at radius 1 is 1.00 bits per heavy atom. The van der Waals surface area contributed by atoms with E-state index in [0.29, 0.717) is 11.4 Å². The van der Waals surface area contributed by atoms with Crippen LogP contribution in [-0.2, 0) is 19.1 Å². The van der Waals surface area contributed by atoms with Gasteiger partial charge in [0.1, 0.15) is 18.1 Å². The summed E-state index contributed by atoms with van der Waals surface area (Å²) in [5.74, 6) is 0.370. The zero-order valence-electron chi connectivity index (χ0n) is 13.5. The molecule has 6 nitrogen and oxygen atoms in total. The van der Waals surface area contributed by atoms with Crippen molar-refractivity contribution in [2.24, 2.45) is 0 Å². The molecule has 2 aromatic rings. The Kier molecular flexibility index (Phi) is 6.33. The van der Waals surface area contributed by atoms with Gasteiger partial charge in [-0.3, -0.25) is 4.79 Å². The summed E-state index contributed by atoms with van der Waals surface area (Å²) >= 11 is 0. The highest BCUT2D eigenvalue weighted by atomic mass is 16.6. The molecule has 0 heterocycles. The van der Waals surface area contributed by atoms with Crippen LogP contribution in [0.1, 0.15) is 6.92 Å². The molecule has 0 fully saturated rings. The van der Waals surface area contributed by atoms with Crippen LogP contribution in [-0.4, -0.2) is 31.7 Å². The number of hydrogen-bond donors (Lipinski definition) is 1. The van der Waals surface area contributed by atoms with Gasteiger partial charge in [-0.05, 0) is 43.3 Å². The van der Waals surface area contributed by atoms with Crippen LogP contribution in [0.5, 0.6) is 11.5 Å². The first-order valence-electron chi connectivity index (χ1n) is 7.40. The molecule has 1 N–H and O–H groups in total. The molecule has 0 aliphatic rings. The van der Waals surface area contributed by atoms with Crippen LogP contribution in [0.2, 0.25) is 0 Å². The fourth-order valence-corrected chi connectivity index (χ4v) is 1.88. The van der Waals surface area contributed by atoms with Gasteiger partial charge in [0.25, 0.3) is 5.91 Å². The van der Waals surface area contributed by atoms with Gasteiger partial charge in [-0.25, -0.2) is 4.79 Å². The molecular formula is C18H19NO5. The maximum atomic E-state index is 12.0. The first-order valence-corrected chi connectivity index (χ1v) is 7.40. The van der Waals surface area contributed by atoms with E-state index in [1.807, 2.05) is 30.3 Å². The van der Waals surface area contributed by atoms with E-state index in [1.165, 1.54) is 14.0 Å². The number of carbonyl (C=O) groups excluding carboxylic acids is 2. The number of rotatable bonds is 7. The molecular weight excluding hydrogens is 310 g/mol. The summed E-state index contributed by atoms with van der Waals surface area (Å²) in [6, 6.07) is 16.3. The third kappa shape index (κ3) is 5.40. The van der Waals surface area contributed by atoms with Gasteiger partial charge < -0.3 is 19.5 Å². The normalized spacial score (nSPS) is 11.4. The number of ether oxygens (including phenoxy) is 3. The van der Waals surface area contributed by atoms with E-state index in [2.05, 4.69) is 10.1 Å². The second-order valence-corrected chi connectivity index (χ2v) is 4.99. The fourth-order valence-electron chi connectivity index (χ4n) is 1.88. The van der Waals surface area contributed by atoms with Crippen molar-refractivity contribution in [1.29, 1.82) is 0 Å². The summed E-state index contributed by atoms with van der Waals surface area (Å²) in [5, 5.41) is 2.67. The highest BCUT2D eigenvalue weighted by molar-refractivity contribution is 5.95. The van der Waals surface area contributed by atoms with Gasteiger partial charge in [0, 0.05) is 12.8 Å². The lowest BCUT2D eigenvalue weighted by Crippen LogP contribution is -2.31. The van der Waals surface area contributed by atoms with Crippen LogP contribution in [0.4, 0.5) is 5.69 Å². The number of benzene rings is 2. The van der Waals surface area contributed by atoms with E-state index in [4.69, 9.17) is 9.47 Å². The quantitative estimate of drug-likeness (QED) is 0.791. The molecule has 24 heavy (non-hydrogen) atoms. The molecule has 0 saturated carbocycles. The van der Waals surface area contributed by atoms with Gasteiger partial charge in [0.2, 0.25) is 0 Å². The Bertz CT molecular complexity index is 670. The molecule has 0 bridgehead atoms. The largest absolute Gasteiger partial charge is 0.457 e. The van der Waals surface area contributed by atoms with Gasteiger partial charge in [0.05, 0.1) is 0 Å². The second kappa shape index (κ2) is 8.69. The van der Waals surface area contributed by atoms with E-state index >= 15 is 0 Å². The molecule has 2 aromatic carbocycles. The summed E-state index contributed by atoms with van der Waals surface area (Å²) in [4.78, 5) is 23.3. The van der Waals surface area contributed by atoms with Crippen molar-refractivity contribution < 1.29 is 23.8 Å². The van der Waals surface area contributed by atoms with Crippen LogP contribution < -0.4 is 10.1 Å². The van der Waals surface area contributed by atoms with E-state index < -0.39 is 18.0 Å². The van der Waals surface area contributed by atoms with Crippen molar-refractivity contribution in [1.82, 2.24) is 0 Å². The number of esters is 1. The minimum absolute atomic E-state index is 0.191. The second-order valence-electron chi connectivity index (χ2n) is 4.99. The number of carbonyl (C=O) groups is 2.